The highest BCUT2D eigenvalue weighted by Crippen LogP contribution is 2.07. The van der Waals surface area contributed by atoms with E-state index in [1.807, 2.05) is 53.4 Å². The minimum Gasteiger partial charge on any atom is -1.00 e. The molecule has 0 saturated heterocycles. The first-order chi connectivity index (χ1) is 10.8. The lowest BCUT2D eigenvalue weighted by Crippen LogP contribution is -3.00. The zero-order chi connectivity index (χ0) is 15.2. The average molecular weight is 368 g/mol. The van der Waals surface area contributed by atoms with E-state index in [0.717, 1.165) is 12.0 Å². The Balaban J connectivity index is 0.00000192. The van der Waals surface area contributed by atoms with Crippen molar-refractivity contribution in [1.29, 1.82) is 0 Å². The lowest BCUT2D eigenvalue weighted by molar-refractivity contribution is -0.683. The van der Waals surface area contributed by atoms with Crippen molar-refractivity contribution in [3.8, 4) is 0 Å². The Bertz CT molecular complexity index is 740. The summed E-state index contributed by atoms with van der Waals surface area (Å²) in [5.74, 6) is 0.126. The summed E-state index contributed by atoms with van der Waals surface area (Å²) in [7, 11) is 0. The number of carbonyl (C=O) groups excluding carboxylic acids is 1. The number of aromatic nitrogens is 1. The van der Waals surface area contributed by atoms with Crippen molar-refractivity contribution >= 4 is 5.78 Å². The van der Waals surface area contributed by atoms with Crippen LogP contribution in [0.1, 0.15) is 21.5 Å². The third-order valence-corrected chi connectivity index (χ3v) is 3.63. The molecule has 3 rings (SSSR count). The van der Waals surface area contributed by atoms with Crippen molar-refractivity contribution in [2.75, 3.05) is 0 Å². The van der Waals surface area contributed by atoms with E-state index >= 15 is 0 Å². The third kappa shape index (κ3) is 4.86. The lowest BCUT2D eigenvalue weighted by Gasteiger charge is -2.02. The summed E-state index contributed by atoms with van der Waals surface area (Å²) >= 11 is 0. The largest absolute Gasteiger partial charge is 1.00 e. The molecule has 0 N–H and O–H groups in total. The summed E-state index contributed by atoms with van der Waals surface area (Å²) in [5, 5.41) is 0. The van der Waals surface area contributed by atoms with Gasteiger partial charge in [0.1, 0.15) is 0 Å². The minimum atomic E-state index is 0. The second-order valence-corrected chi connectivity index (χ2v) is 5.33. The predicted molar refractivity (Wildman–Crippen MR) is 86.7 cm³/mol. The number of hydrogen-bond acceptors (Lipinski definition) is 1. The standard InChI is InChI=1S/C20H18NO.BrH/c22-20(19-9-5-2-6-10-19)16-21-13-11-18(12-14-21)15-17-7-3-1-4-8-17;/h1-14H,15-16H2;1H/q+1;/p-1. The molecular weight excluding hydrogens is 350 g/mol. The maximum atomic E-state index is 12.2. The summed E-state index contributed by atoms with van der Waals surface area (Å²) in [6.07, 6.45) is 4.85. The topological polar surface area (TPSA) is 20.9 Å². The third-order valence-electron chi connectivity index (χ3n) is 3.63. The number of benzene rings is 2. The van der Waals surface area contributed by atoms with Gasteiger partial charge in [-0.2, -0.15) is 4.57 Å². The van der Waals surface area contributed by atoms with Gasteiger partial charge in [-0.1, -0.05) is 60.7 Å². The van der Waals surface area contributed by atoms with E-state index in [4.69, 9.17) is 0 Å². The van der Waals surface area contributed by atoms with Crippen LogP contribution < -0.4 is 21.5 Å². The molecule has 0 atom stereocenters. The van der Waals surface area contributed by atoms with Crippen LogP contribution in [0, 0.1) is 0 Å². The highest BCUT2D eigenvalue weighted by Gasteiger charge is 2.11. The van der Waals surface area contributed by atoms with E-state index in [1.165, 1.54) is 11.1 Å². The van der Waals surface area contributed by atoms with Crippen molar-refractivity contribution < 1.29 is 26.3 Å². The number of carbonyl (C=O) groups is 1. The Morgan fingerprint density at radius 1 is 0.739 bits per heavy atom. The maximum Gasteiger partial charge on any atom is 0.227 e. The van der Waals surface area contributed by atoms with E-state index in [1.54, 1.807) is 0 Å². The number of Topliss-reactive ketones (excluding diaryl/α,β-unsaturated/α-hetero) is 1. The fraction of sp³-hybridized carbons (Fsp3) is 0.100. The zero-order valence-electron chi connectivity index (χ0n) is 12.7. The van der Waals surface area contributed by atoms with Crippen LogP contribution in [0.5, 0.6) is 0 Å². The van der Waals surface area contributed by atoms with Gasteiger partial charge in [0.2, 0.25) is 12.3 Å². The smallest absolute Gasteiger partial charge is 0.227 e. The summed E-state index contributed by atoms with van der Waals surface area (Å²) in [6.45, 7) is 0.371. The van der Waals surface area contributed by atoms with E-state index < -0.39 is 0 Å². The molecule has 0 radical (unpaired) electrons. The number of pyridine rings is 1. The van der Waals surface area contributed by atoms with Crippen LogP contribution in [0.4, 0.5) is 0 Å². The highest BCUT2D eigenvalue weighted by atomic mass is 79.9. The molecule has 0 aliphatic rings. The summed E-state index contributed by atoms with van der Waals surface area (Å²) < 4.78 is 1.92. The first-order valence-corrected chi connectivity index (χ1v) is 7.41. The quantitative estimate of drug-likeness (QED) is 0.473. The Kier molecular flexibility index (Phi) is 6.24. The van der Waals surface area contributed by atoms with Gasteiger partial charge >= 0.3 is 0 Å². The highest BCUT2D eigenvalue weighted by molar-refractivity contribution is 5.94. The first-order valence-electron chi connectivity index (χ1n) is 7.41. The Hall–Kier alpha value is -2.26. The van der Waals surface area contributed by atoms with Crippen molar-refractivity contribution in [1.82, 2.24) is 0 Å². The molecule has 3 heteroatoms. The number of hydrogen-bond donors (Lipinski definition) is 0. The van der Waals surface area contributed by atoms with Crippen molar-refractivity contribution in [2.24, 2.45) is 0 Å². The van der Waals surface area contributed by atoms with Gasteiger partial charge in [0.15, 0.2) is 12.4 Å². The number of rotatable bonds is 5. The predicted octanol–water partition coefficient (Wildman–Crippen LogP) is 0.452. The molecule has 1 aromatic heterocycles. The molecule has 0 amide bonds. The second-order valence-electron chi connectivity index (χ2n) is 5.33. The molecule has 1 heterocycles. The summed E-state index contributed by atoms with van der Waals surface area (Å²) in [4.78, 5) is 12.2. The molecule has 0 aliphatic heterocycles. The fourth-order valence-electron chi connectivity index (χ4n) is 2.42. The molecule has 0 unspecified atom stereocenters. The van der Waals surface area contributed by atoms with Crippen LogP contribution in [-0.2, 0) is 13.0 Å². The molecule has 0 bridgehead atoms. The fourth-order valence-corrected chi connectivity index (χ4v) is 2.42. The van der Waals surface area contributed by atoms with Gasteiger partial charge in [-0.3, -0.25) is 4.79 Å². The van der Waals surface area contributed by atoms with Gasteiger partial charge in [-0.05, 0) is 17.5 Å². The lowest BCUT2D eigenvalue weighted by atomic mass is 10.1. The van der Waals surface area contributed by atoms with Gasteiger partial charge in [-0.25, -0.2) is 0 Å². The van der Waals surface area contributed by atoms with Gasteiger partial charge < -0.3 is 17.0 Å². The van der Waals surface area contributed by atoms with E-state index in [2.05, 4.69) is 36.4 Å². The summed E-state index contributed by atoms with van der Waals surface area (Å²) in [6, 6.07) is 23.9. The molecule has 0 saturated carbocycles. The SMILES string of the molecule is O=C(C[n+]1ccc(Cc2ccccc2)cc1)c1ccccc1.[Br-]. The maximum absolute atomic E-state index is 12.2. The van der Waals surface area contributed by atoms with Crippen molar-refractivity contribution in [2.45, 2.75) is 13.0 Å². The number of halogens is 1. The molecule has 23 heavy (non-hydrogen) atoms. The van der Waals surface area contributed by atoms with Crippen LogP contribution in [0.25, 0.3) is 0 Å². The van der Waals surface area contributed by atoms with Crippen LogP contribution in [0.2, 0.25) is 0 Å². The van der Waals surface area contributed by atoms with Gasteiger partial charge in [-0.15, -0.1) is 0 Å². The molecule has 0 fully saturated rings. The van der Waals surface area contributed by atoms with Crippen LogP contribution in [0.15, 0.2) is 85.2 Å². The second kappa shape index (κ2) is 8.39. The summed E-state index contributed by atoms with van der Waals surface area (Å²) in [5.41, 5.74) is 3.29. The van der Waals surface area contributed by atoms with E-state index in [0.29, 0.717) is 6.54 Å². The van der Waals surface area contributed by atoms with Gasteiger partial charge in [0.25, 0.3) is 0 Å². The molecular formula is C20H18BrNO. The molecule has 0 aliphatic carbocycles. The van der Waals surface area contributed by atoms with E-state index in [9.17, 15) is 4.79 Å². The van der Waals surface area contributed by atoms with E-state index in [-0.39, 0.29) is 22.8 Å². The van der Waals surface area contributed by atoms with Crippen molar-refractivity contribution in [3.63, 3.8) is 0 Å². The Morgan fingerprint density at radius 2 is 1.26 bits per heavy atom. The molecule has 3 aromatic rings. The van der Waals surface area contributed by atoms with Crippen LogP contribution in [0.3, 0.4) is 0 Å². The van der Waals surface area contributed by atoms with Crippen LogP contribution >= 0.6 is 0 Å². The molecule has 116 valence electrons. The molecule has 2 nitrogen and oxygen atoms in total. The van der Waals surface area contributed by atoms with Crippen LogP contribution in [-0.4, -0.2) is 5.78 Å². The Morgan fingerprint density at radius 3 is 1.87 bits per heavy atom. The van der Waals surface area contributed by atoms with Gasteiger partial charge in [0.05, 0.1) is 0 Å². The molecule has 0 spiro atoms. The Labute approximate surface area is 147 Å². The zero-order valence-corrected chi connectivity index (χ0v) is 14.3. The first kappa shape index (κ1) is 17.1. The number of ketones is 1. The normalized spacial score (nSPS) is 9.91. The number of nitrogens with zero attached hydrogens (tertiary/aromatic N) is 1. The molecule has 2 aromatic carbocycles. The van der Waals surface area contributed by atoms with Crippen molar-refractivity contribution in [3.05, 3.63) is 102 Å². The average Bonchev–Trinajstić information content (AvgIpc) is 2.58. The van der Waals surface area contributed by atoms with Gasteiger partial charge in [0, 0.05) is 17.7 Å². The monoisotopic (exact) mass is 367 g/mol. The minimum absolute atomic E-state index is 0.